The summed E-state index contributed by atoms with van der Waals surface area (Å²) in [6.45, 7) is 0.355. The minimum Gasteiger partial charge on any atom is -0.481 e. The van der Waals surface area contributed by atoms with E-state index in [1.807, 2.05) is 0 Å². The van der Waals surface area contributed by atoms with E-state index >= 15 is 0 Å². The molecule has 2 rings (SSSR count). The average molecular weight is 342 g/mol. The number of nitrogens with zero attached hydrogens (tertiary/aromatic N) is 2. The minimum atomic E-state index is -0.335. The maximum absolute atomic E-state index is 13.4. The number of benzene rings is 1. The Bertz CT molecular complexity index is 588. The second-order valence-electron chi connectivity index (χ2n) is 3.85. The zero-order valence-corrected chi connectivity index (χ0v) is 12.6. The van der Waals surface area contributed by atoms with E-state index in [0.717, 1.165) is 0 Å². The third-order valence-electron chi connectivity index (χ3n) is 2.64. The van der Waals surface area contributed by atoms with Crippen LogP contribution in [0.5, 0.6) is 11.8 Å². The van der Waals surface area contributed by atoms with Crippen molar-refractivity contribution < 1.29 is 13.9 Å². The van der Waals surface area contributed by atoms with E-state index in [9.17, 15) is 4.39 Å². The Kier molecular flexibility index (Phi) is 4.73. The number of halogens is 2. The van der Waals surface area contributed by atoms with Crippen LogP contribution in [0.3, 0.4) is 0 Å². The van der Waals surface area contributed by atoms with Gasteiger partial charge in [0, 0.05) is 5.69 Å². The third-order valence-corrected chi connectivity index (χ3v) is 3.28. The van der Waals surface area contributed by atoms with E-state index in [2.05, 4.69) is 31.2 Å². The fraction of sp³-hybridized carbons (Fsp3) is 0.231. The first-order valence-electron chi connectivity index (χ1n) is 5.76. The molecule has 0 unspecified atom stereocenters. The molecule has 0 atom stereocenters. The molecule has 7 heteroatoms. The van der Waals surface area contributed by atoms with Crippen LogP contribution >= 0.6 is 15.9 Å². The lowest BCUT2D eigenvalue weighted by atomic mass is 10.2. The van der Waals surface area contributed by atoms with Crippen molar-refractivity contribution in [1.82, 2.24) is 9.97 Å². The number of methoxy groups -OCH3 is 2. The van der Waals surface area contributed by atoms with Gasteiger partial charge in [-0.1, -0.05) is 0 Å². The molecule has 0 bridgehead atoms. The summed E-state index contributed by atoms with van der Waals surface area (Å²) in [4.78, 5) is 8.03. The fourth-order valence-corrected chi connectivity index (χ4v) is 1.93. The molecule has 1 heterocycles. The smallest absolute Gasteiger partial charge is 0.225 e. The monoisotopic (exact) mass is 341 g/mol. The second-order valence-corrected chi connectivity index (χ2v) is 4.71. The summed E-state index contributed by atoms with van der Waals surface area (Å²) in [5.74, 6) is 0.502. The molecular formula is C13H13BrFN3O2. The Labute approximate surface area is 124 Å². The fourth-order valence-electron chi connectivity index (χ4n) is 1.68. The van der Waals surface area contributed by atoms with Gasteiger partial charge in [0.2, 0.25) is 11.8 Å². The first-order valence-corrected chi connectivity index (χ1v) is 6.55. The quantitative estimate of drug-likeness (QED) is 0.905. The highest BCUT2D eigenvalue weighted by molar-refractivity contribution is 9.10. The molecule has 2 aromatic rings. The van der Waals surface area contributed by atoms with Crippen LogP contribution in [-0.4, -0.2) is 24.2 Å². The molecule has 106 valence electrons. The van der Waals surface area contributed by atoms with Gasteiger partial charge in [0.15, 0.2) is 0 Å². The summed E-state index contributed by atoms with van der Waals surface area (Å²) in [5, 5.41) is 3.08. The van der Waals surface area contributed by atoms with Gasteiger partial charge in [-0.25, -0.2) is 14.4 Å². The Morgan fingerprint density at radius 2 is 1.85 bits per heavy atom. The molecule has 0 saturated heterocycles. The van der Waals surface area contributed by atoms with E-state index in [-0.39, 0.29) is 5.82 Å². The van der Waals surface area contributed by atoms with Gasteiger partial charge in [0.05, 0.1) is 30.8 Å². The molecule has 0 saturated carbocycles. The van der Waals surface area contributed by atoms with Gasteiger partial charge in [-0.15, -0.1) is 0 Å². The summed E-state index contributed by atoms with van der Waals surface area (Å²) in [6, 6.07) is 4.79. The Morgan fingerprint density at radius 3 is 2.40 bits per heavy atom. The molecule has 1 N–H and O–H groups in total. The van der Waals surface area contributed by atoms with Crippen molar-refractivity contribution in [3.8, 4) is 11.8 Å². The topological polar surface area (TPSA) is 56.3 Å². The summed E-state index contributed by atoms with van der Waals surface area (Å²) in [6.07, 6.45) is 1.36. The highest BCUT2D eigenvalue weighted by Crippen LogP contribution is 2.25. The normalized spacial score (nSPS) is 10.2. The molecule has 0 fully saturated rings. The molecular weight excluding hydrogens is 329 g/mol. The van der Waals surface area contributed by atoms with Gasteiger partial charge in [0.25, 0.3) is 0 Å². The lowest BCUT2D eigenvalue weighted by Gasteiger charge is -2.12. The van der Waals surface area contributed by atoms with Crippen LogP contribution in [0.1, 0.15) is 5.56 Å². The SMILES string of the molecule is COc1ncnc(OC)c1CNc1ccc(Br)c(F)c1. The lowest BCUT2D eigenvalue weighted by molar-refractivity contribution is 0.363. The predicted octanol–water partition coefficient (Wildman–Crippen LogP) is 3.01. The summed E-state index contributed by atoms with van der Waals surface area (Å²) in [5.41, 5.74) is 1.31. The average Bonchev–Trinajstić information content (AvgIpc) is 2.48. The number of hydrogen-bond acceptors (Lipinski definition) is 5. The van der Waals surface area contributed by atoms with Crippen molar-refractivity contribution in [2.75, 3.05) is 19.5 Å². The lowest BCUT2D eigenvalue weighted by Crippen LogP contribution is -2.06. The number of hydrogen-bond donors (Lipinski definition) is 1. The second kappa shape index (κ2) is 6.51. The molecule has 5 nitrogen and oxygen atoms in total. The molecule has 0 aliphatic rings. The molecule has 20 heavy (non-hydrogen) atoms. The van der Waals surface area contributed by atoms with Crippen molar-refractivity contribution >= 4 is 21.6 Å². The highest BCUT2D eigenvalue weighted by atomic mass is 79.9. The molecule has 1 aromatic heterocycles. The minimum absolute atomic E-state index is 0.335. The third kappa shape index (κ3) is 3.16. The van der Waals surface area contributed by atoms with Gasteiger partial charge in [-0.05, 0) is 34.1 Å². The van der Waals surface area contributed by atoms with Crippen molar-refractivity contribution in [3.05, 3.63) is 40.4 Å². The van der Waals surface area contributed by atoms with Crippen LogP contribution in [0.4, 0.5) is 10.1 Å². The van der Waals surface area contributed by atoms with E-state index in [4.69, 9.17) is 9.47 Å². The van der Waals surface area contributed by atoms with Crippen molar-refractivity contribution in [2.45, 2.75) is 6.54 Å². The predicted molar refractivity (Wildman–Crippen MR) is 76.6 cm³/mol. The van der Waals surface area contributed by atoms with Gasteiger partial charge in [-0.2, -0.15) is 0 Å². The van der Waals surface area contributed by atoms with E-state index < -0.39 is 0 Å². The van der Waals surface area contributed by atoms with Gasteiger partial charge in [-0.3, -0.25) is 0 Å². The van der Waals surface area contributed by atoms with Crippen LogP contribution in [-0.2, 0) is 6.54 Å². The van der Waals surface area contributed by atoms with E-state index in [1.165, 1.54) is 26.6 Å². The Balaban J connectivity index is 2.19. The van der Waals surface area contributed by atoms with Crippen LogP contribution in [0.2, 0.25) is 0 Å². The maximum atomic E-state index is 13.4. The van der Waals surface area contributed by atoms with Gasteiger partial charge in [0.1, 0.15) is 12.1 Å². The zero-order chi connectivity index (χ0) is 14.5. The van der Waals surface area contributed by atoms with Crippen molar-refractivity contribution in [2.24, 2.45) is 0 Å². The van der Waals surface area contributed by atoms with Crippen LogP contribution < -0.4 is 14.8 Å². The molecule has 1 aromatic carbocycles. The Morgan fingerprint density at radius 1 is 1.20 bits per heavy atom. The number of rotatable bonds is 5. The van der Waals surface area contributed by atoms with E-state index in [0.29, 0.717) is 34.0 Å². The summed E-state index contributed by atoms with van der Waals surface area (Å²) >= 11 is 3.11. The van der Waals surface area contributed by atoms with Gasteiger partial charge < -0.3 is 14.8 Å². The van der Waals surface area contributed by atoms with Crippen molar-refractivity contribution in [3.63, 3.8) is 0 Å². The van der Waals surface area contributed by atoms with Crippen LogP contribution in [0.15, 0.2) is 29.0 Å². The largest absolute Gasteiger partial charge is 0.481 e. The number of anilines is 1. The van der Waals surface area contributed by atoms with Crippen LogP contribution in [0.25, 0.3) is 0 Å². The first kappa shape index (κ1) is 14.5. The molecule has 0 spiro atoms. The standard InChI is InChI=1S/C13H13BrFN3O2/c1-19-12-9(13(20-2)18-7-17-12)6-16-8-3-4-10(14)11(15)5-8/h3-5,7,16H,6H2,1-2H3. The summed E-state index contributed by atoms with van der Waals surface area (Å²) < 4.78 is 24.2. The summed E-state index contributed by atoms with van der Waals surface area (Å²) in [7, 11) is 3.04. The zero-order valence-electron chi connectivity index (χ0n) is 11.0. The number of aromatic nitrogens is 2. The molecule has 0 aliphatic heterocycles. The van der Waals surface area contributed by atoms with Gasteiger partial charge >= 0.3 is 0 Å². The molecule has 0 aliphatic carbocycles. The van der Waals surface area contributed by atoms with E-state index in [1.54, 1.807) is 12.1 Å². The first-order chi connectivity index (χ1) is 9.65. The number of nitrogens with one attached hydrogen (secondary N) is 1. The van der Waals surface area contributed by atoms with Crippen molar-refractivity contribution in [1.29, 1.82) is 0 Å². The highest BCUT2D eigenvalue weighted by Gasteiger charge is 2.12. The number of ether oxygens (including phenoxy) is 2. The molecule has 0 amide bonds. The maximum Gasteiger partial charge on any atom is 0.225 e. The Hall–Kier alpha value is -1.89. The molecule has 0 radical (unpaired) electrons. The van der Waals surface area contributed by atoms with Crippen LogP contribution in [0, 0.1) is 5.82 Å².